The summed E-state index contributed by atoms with van der Waals surface area (Å²) in [6.07, 6.45) is 2.00. The lowest BCUT2D eigenvalue weighted by atomic mass is 10.1. The van der Waals surface area contributed by atoms with Crippen LogP contribution in [0.2, 0.25) is 0 Å². The van der Waals surface area contributed by atoms with E-state index < -0.39 is 0 Å². The highest BCUT2D eigenvalue weighted by molar-refractivity contribution is 6.20. The summed E-state index contributed by atoms with van der Waals surface area (Å²) in [4.78, 5) is 4.72. The Kier molecular flexibility index (Phi) is 3.85. The molecule has 108 valence electrons. The van der Waals surface area contributed by atoms with Gasteiger partial charge in [0.25, 0.3) is 0 Å². The molecule has 0 bridgehead atoms. The van der Waals surface area contributed by atoms with Crippen molar-refractivity contribution in [1.29, 1.82) is 0 Å². The van der Waals surface area contributed by atoms with Crippen LogP contribution in [0, 0.1) is 0 Å². The lowest BCUT2D eigenvalue weighted by Gasteiger charge is -2.26. The highest BCUT2D eigenvalue weighted by Gasteiger charge is 2.24. The number of hydrogen-bond acceptors (Lipinski definition) is 3. The fourth-order valence-corrected chi connectivity index (χ4v) is 3.04. The van der Waals surface area contributed by atoms with Crippen molar-refractivity contribution in [2.24, 2.45) is 0 Å². The van der Waals surface area contributed by atoms with Gasteiger partial charge in [-0.15, -0.1) is 11.6 Å². The molecule has 1 unspecified atom stereocenters. The van der Waals surface area contributed by atoms with Crippen molar-refractivity contribution >= 4 is 22.6 Å². The van der Waals surface area contributed by atoms with E-state index in [0.29, 0.717) is 6.04 Å². The summed E-state index contributed by atoms with van der Waals surface area (Å²) in [6, 6.07) is 6.42. The van der Waals surface area contributed by atoms with Crippen LogP contribution in [0.1, 0.15) is 37.0 Å². The molecular formula is C15H19ClN2O2. The van der Waals surface area contributed by atoms with Gasteiger partial charge in [0.1, 0.15) is 17.1 Å². The van der Waals surface area contributed by atoms with Crippen molar-refractivity contribution in [3.05, 3.63) is 24.0 Å². The first-order chi connectivity index (χ1) is 9.72. The Bertz CT molecular complexity index is 603. The fourth-order valence-electron chi connectivity index (χ4n) is 2.88. The monoisotopic (exact) mass is 294 g/mol. The van der Waals surface area contributed by atoms with Gasteiger partial charge in [0.15, 0.2) is 0 Å². The van der Waals surface area contributed by atoms with Gasteiger partial charge in [-0.05, 0) is 31.9 Å². The van der Waals surface area contributed by atoms with E-state index in [1.165, 1.54) is 0 Å². The zero-order chi connectivity index (χ0) is 14.1. The molecule has 1 saturated heterocycles. The van der Waals surface area contributed by atoms with E-state index in [9.17, 15) is 0 Å². The van der Waals surface area contributed by atoms with Crippen LogP contribution in [0.25, 0.3) is 11.0 Å². The number of para-hydroxylation sites is 1. The second-order valence-corrected chi connectivity index (χ2v) is 5.78. The van der Waals surface area contributed by atoms with Gasteiger partial charge in [0.05, 0.1) is 18.0 Å². The van der Waals surface area contributed by atoms with Gasteiger partial charge in [-0.3, -0.25) is 0 Å². The molecule has 1 atom stereocenters. The zero-order valence-electron chi connectivity index (χ0n) is 11.8. The molecule has 0 amide bonds. The topological polar surface area (TPSA) is 36.3 Å². The lowest BCUT2D eigenvalue weighted by Crippen LogP contribution is -2.21. The summed E-state index contributed by atoms with van der Waals surface area (Å²) in [5.41, 5.74) is 1.99. The molecule has 5 heteroatoms. The lowest BCUT2D eigenvalue weighted by molar-refractivity contribution is 0.0698. The normalized spacial score (nSPS) is 18.4. The number of nitrogens with zero attached hydrogens (tertiary/aromatic N) is 2. The minimum absolute atomic E-state index is 0.130. The number of rotatable bonds is 3. The van der Waals surface area contributed by atoms with Gasteiger partial charge in [-0.2, -0.15) is 0 Å². The predicted molar refractivity (Wildman–Crippen MR) is 79.6 cm³/mol. The van der Waals surface area contributed by atoms with Crippen LogP contribution in [0.3, 0.4) is 0 Å². The number of halogens is 1. The molecule has 20 heavy (non-hydrogen) atoms. The first kappa shape index (κ1) is 13.7. The standard InChI is InChI=1S/C15H19ClN2O2/c1-10(16)15-17-14-12(4-3-5-13(14)19-2)18(15)11-6-8-20-9-7-11/h3-5,10-11H,6-9H2,1-2H3. The van der Waals surface area contributed by atoms with Gasteiger partial charge in [-0.25, -0.2) is 4.98 Å². The molecular weight excluding hydrogens is 276 g/mol. The summed E-state index contributed by atoms with van der Waals surface area (Å²) in [7, 11) is 1.67. The Morgan fingerprint density at radius 1 is 1.40 bits per heavy atom. The van der Waals surface area contributed by atoms with E-state index in [4.69, 9.17) is 26.1 Å². The van der Waals surface area contributed by atoms with Crippen molar-refractivity contribution in [3.63, 3.8) is 0 Å². The first-order valence-electron chi connectivity index (χ1n) is 6.99. The third-order valence-electron chi connectivity index (χ3n) is 3.84. The van der Waals surface area contributed by atoms with Crippen molar-refractivity contribution in [3.8, 4) is 5.75 Å². The van der Waals surface area contributed by atoms with Crippen molar-refractivity contribution in [2.45, 2.75) is 31.2 Å². The molecule has 3 rings (SSSR count). The molecule has 0 radical (unpaired) electrons. The second-order valence-electron chi connectivity index (χ2n) is 5.13. The molecule has 0 N–H and O–H groups in total. The molecule has 1 aliphatic rings. The number of benzene rings is 1. The Morgan fingerprint density at radius 2 is 2.15 bits per heavy atom. The van der Waals surface area contributed by atoms with Gasteiger partial charge in [0, 0.05) is 19.3 Å². The molecule has 0 aliphatic carbocycles. The Hall–Kier alpha value is -1.26. The van der Waals surface area contributed by atoms with Crippen LogP contribution in [0.5, 0.6) is 5.75 Å². The Labute approximate surface area is 123 Å². The first-order valence-corrected chi connectivity index (χ1v) is 7.42. The third-order valence-corrected chi connectivity index (χ3v) is 4.04. The minimum Gasteiger partial charge on any atom is -0.494 e. The summed E-state index contributed by atoms with van der Waals surface area (Å²) in [5.74, 6) is 1.71. The second kappa shape index (κ2) is 5.62. The predicted octanol–water partition coefficient (Wildman–Crippen LogP) is 3.70. The van der Waals surface area contributed by atoms with Crippen LogP contribution in [0.4, 0.5) is 0 Å². The smallest absolute Gasteiger partial charge is 0.146 e. The van der Waals surface area contributed by atoms with E-state index in [2.05, 4.69) is 10.6 Å². The largest absolute Gasteiger partial charge is 0.494 e. The van der Waals surface area contributed by atoms with E-state index >= 15 is 0 Å². The summed E-state index contributed by atoms with van der Waals surface area (Å²) < 4.78 is 13.2. The Balaban J connectivity index is 2.18. The van der Waals surface area contributed by atoms with Crippen molar-refractivity contribution in [1.82, 2.24) is 9.55 Å². The average Bonchev–Trinajstić information content (AvgIpc) is 2.87. The molecule has 1 aromatic heterocycles. The molecule has 1 aromatic carbocycles. The summed E-state index contributed by atoms with van der Waals surface area (Å²) >= 11 is 6.34. The Morgan fingerprint density at radius 3 is 2.80 bits per heavy atom. The van der Waals surface area contributed by atoms with Crippen molar-refractivity contribution in [2.75, 3.05) is 20.3 Å². The minimum atomic E-state index is -0.130. The average molecular weight is 295 g/mol. The van der Waals surface area contributed by atoms with Gasteiger partial charge >= 0.3 is 0 Å². The number of hydrogen-bond donors (Lipinski definition) is 0. The van der Waals surface area contributed by atoms with Gasteiger partial charge < -0.3 is 14.0 Å². The highest BCUT2D eigenvalue weighted by atomic mass is 35.5. The maximum absolute atomic E-state index is 6.34. The molecule has 2 heterocycles. The SMILES string of the molecule is COc1cccc2c1nc(C(C)Cl)n2C1CCOCC1. The van der Waals surface area contributed by atoms with Crippen molar-refractivity contribution < 1.29 is 9.47 Å². The molecule has 0 saturated carbocycles. The molecule has 1 fully saturated rings. The molecule has 1 aliphatic heterocycles. The number of ether oxygens (including phenoxy) is 2. The van der Waals surface area contributed by atoms with Gasteiger partial charge in [0.2, 0.25) is 0 Å². The third kappa shape index (κ3) is 2.27. The van der Waals surface area contributed by atoms with Crippen LogP contribution < -0.4 is 4.74 Å². The number of aromatic nitrogens is 2. The molecule has 0 spiro atoms. The fraction of sp³-hybridized carbons (Fsp3) is 0.533. The van der Waals surface area contributed by atoms with Gasteiger partial charge in [-0.1, -0.05) is 6.07 Å². The molecule has 2 aromatic rings. The van der Waals surface area contributed by atoms with Crippen LogP contribution in [-0.4, -0.2) is 29.9 Å². The van der Waals surface area contributed by atoms with E-state index in [1.54, 1.807) is 7.11 Å². The summed E-state index contributed by atoms with van der Waals surface area (Å²) in [6.45, 7) is 3.56. The van der Waals surface area contributed by atoms with E-state index in [0.717, 1.165) is 48.7 Å². The van der Waals surface area contributed by atoms with Crippen LogP contribution >= 0.6 is 11.6 Å². The number of alkyl halides is 1. The number of imidazole rings is 1. The van der Waals surface area contributed by atoms with Crippen LogP contribution in [-0.2, 0) is 4.74 Å². The maximum Gasteiger partial charge on any atom is 0.146 e. The zero-order valence-corrected chi connectivity index (χ0v) is 12.6. The highest BCUT2D eigenvalue weighted by Crippen LogP contribution is 2.35. The number of fused-ring (bicyclic) bond motifs is 1. The molecule has 4 nitrogen and oxygen atoms in total. The van der Waals surface area contributed by atoms with E-state index in [-0.39, 0.29) is 5.38 Å². The quantitative estimate of drug-likeness (QED) is 0.810. The van der Waals surface area contributed by atoms with E-state index in [1.807, 2.05) is 19.1 Å². The summed E-state index contributed by atoms with van der Waals surface area (Å²) in [5, 5.41) is -0.130. The van der Waals surface area contributed by atoms with Crippen LogP contribution in [0.15, 0.2) is 18.2 Å². The maximum atomic E-state index is 6.34. The number of methoxy groups -OCH3 is 1.